The molecule has 1 N–H and O–H groups in total. The van der Waals surface area contributed by atoms with Crippen LogP contribution in [-0.2, 0) is 0 Å². The summed E-state index contributed by atoms with van der Waals surface area (Å²) < 4.78 is 0. The Morgan fingerprint density at radius 3 is 2.40 bits per heavy atom. The molecule has 3 aromatic rings. The molecule has 0 atom stereocenters. The highest BCUT2D eigenvalue weighted by atomic mass is 35.5. The smallest absolute Gasteiger partial charge is 0.274 e. The number of piperidine rings is 1. The summed E-state index contributed by atoms with van der Waals surface area (Å²) in [4.78, 5) is 45.6. The third-order valence-corrected chi connectivity index (χ3v) is 6.49. The number of amides is 2. The SMILES string of the molecule is Cc1c(C(=O)Nc2ccc(C3CCN(C(=O)c4cc(Cl)ncn4)CC3)cc2)cc(Cl)cc1[N+](=O)[O-]. The second kappa shape index (κ2) is 10.4. The van der Waals surface area contributed by atoms with E-state index in [2.05, 4.69) is 15.3 Å². The summed E-state index contributed by atoms with van der Waals surface area (Å²) in [5, 5.41) is 14.3. The van der Waals surface area contributed by atoms with E-state index in [-0.39, 0.29) is 44.5 Å². The Morgan fingerprint density at radius 1 is 1.09 bits per heavy atom. The zero-order valence-electron chi connectivity index (χ0n) is 18.7. The molecule has 1 saturated heterocycles. The van der Waals surface area contributed by atoms with Gasteiger partial charge in [0.1, 0.15) is 17.2 Å². The number of nitrogens with one attached hydrogen (secondary N) is 1. The van der Waals surface area contributed by atoms with Crippen LogP contribution in [-0.4, -0.2) is 44.7 Å². The topological polar surface area (TPSA) is 118 Å². The van der Waals surface area contributed by atoms with Crippen molar-refractivity contribution >= 4 is 46.4 Å². The van der Waals surface area contributed by atoms with Gasteiger partial charge in [-0.15, -0.1) is 0 Å². The fourth-order valence-corrected chi connectivity index (χ4v) is 4.52. The van der Waals surface area contributed by atoms with Crippen molar-refractivity contribution in [1.82, 2.24) is 14.9 Å². The predicted molar refractivity (Wildman–Crippen MR) is 132 cm³/mol. The first kappa shape index (κ1) is 24.6. The second-order valence-corrected chi connectivity index (χ2v) is 9.05. The number of likely N-dealkylation sites (tertiary alicyclic amines) is 1. The summed E-state index contributed by atoms with van der Waals surface area (Å²) in [5.41, 5.74) is 2.15. The van der Waals surface area contributed by atoms with E-state index in [0.29, 0.717) is 18.8 Å². The van der Waals surface area contributed by atoms with Crippen LogP contribution in [0.15, 0.2) is 48.8 Å². The van der Waals surface area contributed by atoms with Gasteiger partial charge < -0.3 is 10.2 Å². The fraction of sp³-hybridized carbons (Fsp3) is 0.250. The summed E-state index contributed by atoms with van der Waals surface area (Å²) in [6.07, 6.45) is 2.86. The number of nitrogens with zero attached hydrogens (tertiary/aromatic N) is 4. The van der Waals surface area contributed by atoms with Gasteiger partial charge in [-0.05, 0) is 49.4 Å². The summed E-state index contributed by atoms with van der Waals surface area (Å²) in [6, 6.07) is 11.6. The molecule has 11 heteroatoms. The van der Waals surface area contributed by atoms with Gasteiger partial charge >= 0.3 is 0 Å². The first-order chi connectivity index (χ1) is 16.7. The summed E-state index contributed by atoms with van der Waals surface area (Å²) >= 11 is 11.8. The van der Waals surface area contributed by atoms with E-state index in [1.165, 1.54) is 31.5 Å². The average molecular weight is 514 g/mol. The van der Waals surface area contributed by atoms with Gasteiger partial charge in [0.2, 0.25) is 0 Å². The van der Waals surface area contributed by atoms with Gasteiger partial charge in [-0.2, -0.15) is 0 Å². The van der Waals surface area contributed by atoms with Crippen molar-refractivity contribution in [2.45, 2.75) is 25.7 Å². The number of hydrogen-bond acceptors (Lipinski definition) is 6. The highest BCUT2D eigenvalue weighted by Gasteiger charge is 2.26. The van der Waals surface area contributed by atoms with Crippen LogP contribution >= 0.6 is 23.2 Å². The molecule has 35 heavy (non-hydrogen) atoms. The van der Waals surface area contributed by atoms with Crippen LogP contribution in [0.5, 0.6) is 0 Å². The average Bonchev–Trinajstić information content (AvgIpc) is 2.85. The Kier molecular flexibility index (Phi) is 7.28. The van der Waals surface area contributed by atoms with Gasteiger partial charge in [0.05, 0.1) is 10.5 Å². The highest BCUT2D eigenvalue weighted by molar-refractivity contribution is 6.31. The van der Waals surface area contributed by atoms with Crippen LogP contribution in [0.2, 0.25) is 10.2 Å². The number of anilines is 1. The number of nitro benzene ring substituents is 1. The Balaban J connectivity index is 1.38. The van der Waals surface area contributed by atoms with Crippen molar-refractivity contribution < 1.29 is 14.5 Å². The number of rotatable bonds is 5. The van der Waals surface area contributed by atoms with E-state index in [1.54, 1.807) is 17.0 Å². The molecule has 2 amide bonds. The third-order valence-electron chi connectivity index (χ3n) is 6.06. The lowest BCUT2D eigenvalue weighted by Crippen LogP contribution is -2.38. The molecular formula is C24H21Cl2N5O4. The number of hydrogen-bond donors (Lipinski definition) is 1. The van der Waals surface area contributed by atoms with Crippen molar-refractivity contribution in [3.05, 3.63) is 91.5 Å². The zero-order valence-corrected chi connectivity index (χ0v) is 20.2. The Bertz CT molecular complexity index is 1290. The molecule has 1 aromatic heterocycles. The molecule has 4 rings (SSSR count). The van der Waals surface area contributed by atoms with E-state index in [0.717, 1.165) is 18.4 Å². The van der Waals surface area contributed by atoms with Crippen LogP contribution in [0.1, 0.15) is 50.7 Å². The van der Waals surface area contributed by atoms with Crippen LogP contribution in [0.3, 0.4) is 0 Å². The number of halogens is 2. The molecule has 1 fully saturated rings. The lowest BCUT2D eigenvalue weighted by molar-refractivity contribution is -0.385. The molecule has 1 aliphatic heterocycles. The molecule has 2 heterocycles. The van der Waals surface area contributed by atoms with Crippen molar-refractivity contribution in [2.24, 2.45) is 0 Å². The van der Waals surface area contributed by atoms with Crippen LogP contribution in [0, 0.1) is 17.0 Å². The monoisotopic (exact) mass is 513 g/mol. The molecular weight excluding hydrogens is 493 g/mol. The summed E-state index contributed by atoms with van der Waals surface area (Å²) in [5.74, 6) is -0.365. The lowest BCUT2D eigenvalue weighted by Gasteiger charge is -2.32. The molecule has 0 spiro atoms. The quantitative estimate of drug-likeness (QED) is 0.282. The van der Waals surface area contributed by atoms with Gasteiger partial charge in [0.25, 0.3) is 17.5 Å². The maximum atomic E-state index is 12.7. The van der Waals surface area contributed by atoms with Crippen molar-refractivity contribution in [3.8, 4) is 0 Å². The normalized spacial score (nSPS) is 14.0. The second-order valence-electron chi connectivity index (χ2n) is 8.22. The van der Waals surface area contributed by atoms with Crippen molar-refractivity contribution in [1.29, 1.82) is 0 Å². The molecule has 0 bridgehead atoms. The number of benzene rings is 2. The van der Waals surface area contributed by atoms with Gasteiger partial charge in [-0.25, -0.2) is 9.97 Å². The van der Waals surface area contributed by atoms with E-state index in [9.17, 15) is 19.7 Å². The van der Waals surface area contributed by atoms with Gasteiger partial charge in [0.15, 0.2) is 0 Å². The van der Waals surface area contributed by atoms with E-state index in [1.807, 2.05) is 12.1 Å². The number of aromatic nitrogens is 2. The van der Waals surface area contributed by atoms with Crippen molar-refractivity contribution in [3.63, 3.8) is 0 Å². The minimum absolute atomic E-state index is 0.121. The van der Waals surface area contributed by atoms with Crippen LogP contribution < -0.4 is 5.32 Å². The van der Waals surface area contributed by atoms with Crippen molar-refractivity contribution in [2.75, 3.05) is 18.4 Å². The van der Waals surface area contributed by atoms with Crippen LogP contribution in [0.25, 0.3) is 0 Å². The fourth-order valence-electron chi connectivity index (χ4n) is 4.16. The number of carbonyl (C=O) groups is 2. The molecule has 9 nitrogen and oxygen atoms in total. The summed E-state index contributed by atoms with van der Waals surface area (Å²) in [7, 11) is 0. The Hall–Kier alpha value is -3.56. The zero-order chi connectivity index (χ0) is 25.1. The van der Waals surface area contributed by atoms with E-state index < -0.39 is 10.8 Å². The minimum atomic E-state index is -0.561. The molecule has 1 aliphatic rings. The largest absolute Gasteiger partial charge is 0.337 e. The van der Waals surface area contributed by atoms with Gasteiger partial charge in [0, 0.05) is 41.5 Å². The molecule has 0 radical (unpaired) electrons. The number of carbonyl (C=O) groups excluding carboxylic acids is 2. The van der Waals surface area contributed by atoms with Crippen LogP contribution in [0.4, 0.5) is 11.4 Å². The van der Waals surface area contributed by atoms with Gasteiger partial charge in [-0.3, -0.25) is 19.7 Å². The van der Waals surface area contributed by atoms with E-state index >= 15 is 0 Å². The summed E-state index contributed by atoms with van der Waals surface area (Å²) in [6.45, 7) is 2.70. The first-order valence-corrected chi connectivity index (χ1v) is 11.6. The molecule has 2 aromatic carbocycles. The maximum Gasteiger partial charge on any atom is 0.274 e. The minimum Gasteiger partial charge on any atom is -0.337 e. The third kappa shape index (κ3) is 5.58. The first-order valence-electron chi connectivity index (χ1n) is 10.9. The van der Waals surface area contributed by atoms with E-state index in [4.69, 9.17) is 23.2 Å². The predicted octanol–water partition coefficient (Wildman–Crippen LogP) is 5.27. The molecule has 0 aliphatic carbocycles. The maximum absolute atomic E-state index is 12.7. The van der Waals surface area contributed by atoms with Gasteiger partial charge in [-0.1, -0.05) is 35.3 Å². The Labute approximate surface area is 211 Å². The molecule has 0 saturated carbocycles. The number of nitro groups is 1. The molecule has 180 valence electrons. The highest BCUT2D eigenvalue weighted by Crippen LogP contribution is 2.30. The Morgan fingerprint density at radius 2 is 1.77 bits per heavy atom. The lowest BCUT2D eigenvalue weighted by atomic mass is 9.89. The molecule has 0 unspecified atom stereocenters. The standard InChI is InChI=1S/C24H21Cl2N5O4/c1-14-19(10-17(25)11-21(14)31(34)35)23(32)29-18-4-2-15(3-5-18)16-6-8-30(9-7-16)24(33)20-12-22(26)28-13-27-20/h2-5,10-13,16H,6-9H2,1H3,(H,29,32).